The number of methoxy groups -OCH3 is 1. The van der Waals surface area contributed by atoms with E-state index in [1.807, 2.05) is 45.0 Å². The summed E-state index contributed by atoms with van der Waals surface area (Å²) in [6.07, 6.45) is -0.502. The maximum Gasteiger partial charge on any atom is 0.422 e. The van der Waals surface area contributed by atoms with Crippen molar-refractivity contribution in [3.63, 3.8) is 0 Å². The van der Waals surface area contributed by atoms with Gasteiger partial charge in [0.25, 0.3) is 0 Å². The number of ether oxygens (including phenoxy) is 2. The van der Waals surface area contributed by atoms with Crippen LogP contribution < -0.4 is 15.6 Å². The first-order chi connectivity index (χ1) is 8.42. The van der Waals surface area contributed by atoms with Crippen molar-refractivity contribution >= 4 is 6.09 Å². The highest BCUT2D eigenvalue weighted by Gasteiger charge is 2.15. The molecule has 0 aliphatic rings. The third-order valence-corrected chi connectivity index (χ3v) is 2.06. The van der Waals surface area contributed by atoms with Crippen LogP contribution in [0.3, 0.4) is 0 Å². The summed E-state index contributed by atoms with van der Waals surface area (Å²) in [4.78, 5) is 11.4. The number of hydrogen-bond acceptors (Lipinski definition) is 4. The molecule has 5 heteroatoms. The molecule has 0 aromatic heterocycles. The Morgan fingerprint density at radius 3 is 2.56 bits per heavy atom. The Balaban J connectivity index is 2.40. The fourth-order valence-corrected chi connectivity index (χ4v) is 1.36. The molecule has 1 rings (SSSR count). The smallest absolute Gasteiger partial charge is 0.422 e. The van der Waals surface area contributed by atoms with Gasteiger partial charge in [0.05, 0.1) is 7.11 Å². The van der Waals surface area contributed by atoms with E-state index in [-0.39, 0.29) is 0 Å². The summed E-state index contributed by atoms with van der Waals surface area (Å²) >= 11 is 0. The predicted molar refractivity (Wildman–Crippen MR) is 69.2 cm³/mol. The number of amides is 1. The SMILES string of the molecule is COc1ccccc1CNNC(=O)OC(C)(C)C. The highest BCUT2D eigenvalue weighted by molar-refractivity contribution is 5.67. The molecule has 5 nitrogen and oxygen atoms in total. The molecular formula is C13H20N2O3. The lowest BCUT2D eigenvalue weighted by atomic mass is 10.2. The maximum atomic E-state index is 11.4. The fourth-order valence-electron chi connectivity index (χ4n) is 1.36. The summed E-state index contributed by atoms with van der Waals surface area (Å²) in [6, 6.07) is 7.59. The Morgan fingerprint density at radius 2 is 1.94 bits per heavy atom. The van der Waals surface area contributed by atoms with E-state index >= 15 is 0 Å². The number of hydrazine groups is 1. The van der Waals surface area contributed by atoms with Crippen LogP contribution in [0.5, 0.6) is 5.75 Å². The Kier molecular flexibility index (Phi) is 4.97. The zero-order valence-electron chi connectivity index (χ0n) is 11.2. The second kappa shape index (κ2) is 6.26. The molecule has 0 unspecified atom stereocenters. The fraction of sp³-hybridized carbons (Fsp3) is 0.462. The molecule has 0 bridgehead atoms. The zero-order chi connectivity index (χ0) is 13.6. The van der Waals surface area contributed by atoms with E-state index in [4.69, 9.17) is 9.47 Å². The largest absolute Gasteiger partial charge is 0.496 e. The van der Waals surface area contributed by atoms with Gasteiger partial charge in [-0.25, -0.2) is 10.2 Å². The van der Waals surface area contributed by atoms with Crippen LogP contribution >= 0.6 is 0 Å². The summed E-state index contributed by atoms with van der Waals surface area (Å²) in [7, 11) is 1.61. The molecule has 2 N–H and O–H groups in total. The van der Waals surface area contributed by atoms with Gasteiger partial charge in [-0.3, -0.25) is 5.43 Å². The van der Waals surface area contributed by atoms with Gasteiger partial charge in [-0.05, 0) is 26.8 Å². The number of carbonyl (C=O) groups excluding carboxylic acids is 1. The molecular weight excluding hydrogens is 232 g/mol. The van der Waals surface area contributed by atoms with Gasteiger partial charge in [0, 0.05) is 12.1 Å². The maximum absolute atomic E-state index is 11.4. The average Bonchev–Trinajstić information content (AvgIpc) is 2.27. The highest BCUT2D eigenvalue weighted by atomic mass is 16.6. The van der Waals surface area contributed by atoms with E-state index in [9.17, 15) is 4.79 Å². The molecule has 100 valence electrons. The molecule has 0 aliphatic carbocycles. The predicted octanol–water partition coefficient (Wildman–Crippen LogP) is 2.22. The third-order valence-electron chi connectivity index (χ3n) is 2.06. The number of carbonyl (C=O) groups is 1. The molecule has 1 aromatic rings. The first-order valence-corrected chi connectivity index (χ1v) is 5.76. The molecule has 0 fully saturated rings. The summed E-state index contributed by atoms with van der Waals surface area (Å²) in [5, 5.41) is 0. The Hall–Kier alpha value is -1.75. The molecule has 0 spiro atoms. The van der Waals surface area contributed by atoms with E-state index in [2.05, 4.69) is 10.9 Å². The third kappa shape index (κ3) is 5.05. The normalized spacial score (nSPS) is 10.9. The van der Waals surface area contributed by atoms with Gasteiger partial charge < -0.3 is 9.47 Å². The molecule has 0 saturated carbocycles. The van der Waals surface area contributed by atoms with Crippen molar-refractivity contribution in [3.05, 3.63) is 29.8 Å². The first-order valence-electron chi connectivity index (χ1n) is 5.76. The van der Waals surface area contributed by atoms with Crippen molar-refractivity contribution in [2.45, 2.75) is 32.9 Å². The van der Waals surface area contributed by atoms with Crippen LogP contribution in [0.4, 0.5) is 4.79 Å². The minimum absolute atomic E-state index is 0.462. The standard InChI is InChI=1S/C13H20N2O3/c1-13(2,3)18-12(16)15-14-9-10-7-5-6-8-11(10)17-4/h5-8,14H,9H2,1-4H3,(H,15,16). The van der Waals surface area contributed by atoms with Crippen LogP contribution in [-0.4, -0.2) is 18.8 Å². The molecule has 0 heterocycles. The minimum atomic E-state index is -0.504. The van der Waals surface area contributed by atoms with Gasteiger partial charge in [-0.2, -0.15) is 0 Å². The monoisotopic (exact) mass is 252 g/mol. The van der Waals surface area contributed by atoms with Gasteiger partial charge >= 0.3 is 6.09 Å². The Bertz CT molecular complexity index is 399. The number of rotatable bonds is 4. The van der Waals surface area contributed by atoms with Gasteiger partial charge in [-0.1, -0.05) is 18.2 Å². The van der Waals surface area contributed by atoms with Crippen molar-refractivity contribution in [2.24, 2.45) is 0 Å². The molecule has 0 saturated heterocycles. The van der Waals surface area contributed by atoms with E-state index in [0.717, 1.165) is 11.3 Å². The molecule has 1 aromatic carbocycles. The van der Waals surface area contributed by atoms with Gasteiger partial charge in [-0.15, -0.1) is 0 Å². The highest BCUT2D eigenvalue weighted by Crippen LogP contribution is 2.16. The number of benzene rings is 1. The molecule has 0 atom stereocenters. The van der Waals surface area contributed by atoms with Gasteiger partial charge in [0.1, 0.15) is 11.4 Å². The van der Waals surface area contributed by atoms with Crippen LogP contribution in [0.15, 0.2) is 24.3 Å². The van der Waals surface area contributed by atoms with Crippen molar-refractivity contribution in [1.82, 2.24) is 10.9 Å². The molecule has 0 aliphatic heterocycles. The Labute approximate surface area is 107 Å². The number of nitrogens with one attached hydrogen (secondary N) is 2. The molecule has 0 radical (unpaired) electrons. The number of para-hydroxylation sites is 1. The first kappa shape index (κ1) is 14.3. The van der Waals surface area contributed by atoms with Crippen LogP contribution in [0.1, 0.15) is 26.3 Å². The van der Waals surface area contributed by atoms with E-state index in [1.54, 1.807) is 7.11 Å². The van der Waals surface area contributed by atoms with Gasteiger partial charge in [0.2, 0.25) is 0 Å². The lowest BCUT2D eigenvalue weighted by Crippen LogP contribution is -2.40. The second-order valence-electron chi connectivity index (χ2n) is 4.79. The zero-order valence-corrected chi connectivity index (χ0v) is 11.2. The van der Waals surface area contributed by atoms with Crippen LogP contribution in [0.25, 0.3) is 0 Å². The Morgan fingerprint density at radius 1 is 1.28 bits per heavy atom. The van der Waals surface area contributed by atoms with E-state index < -0.39 is 11.7 Å². The van der Waals surface area contributed by atoms with Crippen molar-refractivity contribution in [1.29, 1.82) is 0 Å². The summed E-state index contributed by atoms with van der Waals surface area (Å²) in [5.74, 6) is 0.774. The second-order valence-corrected chi connectivity index (χ2v) is 4.79. The lowest BCUT2D eigenvalue weighted by Gasteiger charge is -2.20. The van der Waals surface area contributed by atoms with Crippen molar-refractivity contribution in [3.8, 4) is 5.75 Å². The average molecular weight is 252 g/mol. The summed E-state index contributed by atoms with van der Waals surface area (Å²) in [6.45, 7) is 5.90. The van der Waals surface area contributed by atoms with Crippen LogP contribution in [0, 0.1) is 0 Å². The van der Waals surface area contributed by atoms with Crippen molar-refractivity contribution in [2.75, 3.05) is 7.11 Å². The van der Waals surface area contributed by atoms with Gasteiger partial charge in [0.15, 0.2) is 0 Å². The van der Waals surface area contributed by atoms with Crippen molar-refractivity contribution < 1.29 is 14.3 Å². The number of hydrogen-bond donors (Lipinski definition) is 2. The summed E-state index contributed by atoms with van der Waals surface area (Å²) < 4.78 is 10.3. The molecule has 18 heavy (non-hydrogen) atoms. The topological polar surface area (TPSA) is 59.6 Å². The van der Waals surface area contributed by atoms with Crippen LogP contribution in [-0.2, 0) is 11.3 Å². The van der Waals surface area contributed by atoms with E-state index in [1.165, 1.54) is 0 Å². The quantitative estimate of drug-likeness (QED) is 0.807. The van der Waals surface area contributed by atoms with Crippen LogP contribution in [0.2, 0.25) is 0 Å². The molecule has 1 amide bonds. The summed E-state index contributed by atoms with van der Waals surface area (Å²) in [5.41, 5.74) is 5.72. The lowest BCUT2D eigenvalue weighted by molar-refractivity contribution is 0.0497. The van der Waals surface area contributed by atoms with E-state index in [0.29, 0.717) is 6.54 Å². The minimum Gasteiger partial charge on any atom is -0.496 e.